The van der Waals surface area contributed by atoms with E-state index in [2.05, 4.69) is 16.9 Å². The van der Waals surface area contributed by atoms with Gasteiger partial charge in [-0.1, -0.05) is 45.6 Å². The number of rotatable bonds is 6. The lowest BCUT2D eigenvalue weighted by Gasteiger charge is -2.38. The summed E-state index contributed by atoms with van der Waals surface area (Å²) < 4.78 is 36.0. The molecule has 2 aliphatic rings. The summed E-state index contributed by atoms with van der Waals surface area (Å²) >= 11 is 0. The van der Waals surface area contributed by atoms with E-state index < -0.39 is 11.6 Å². The zero-order valence-corrected chi connectivity index (χ0v) is 18.7. The summed E-state index contributed by atoms with van der Waals surface area (Å²) in [5.74, 6) is -0.0131. The molecule has 1 aliphatic carbocycles. The van der Waals surface area contributed by atoms with Crippen molar-refractivity contribution < 1.29 is 13.5 Å². The van der Waals surface area contributed by atoms with Crippen LogP contribution in [0.1, 0.15) is 82.3 Å². The fraction of sp³-hybridized carbons (Fsp3) is 0.615. The second-order valence-electron chi connectivity index (χ2n) is 9.31. The highest BCUT2D eigenvalue weighted by Gasteiger charge is 2.33. The van der Waals surface area contributed by atoms with Gasteiger partial charge in [0.15, 0.2) is 17.5 Å². The van der Waals surface area contributed by atoms with E-state index in [1.54, 1.807) is 24.5 Å². The molecular weight excluding hydrogens is 394 g/mol. The van der Waals surface area contributed by atoms with Gasteiger partial charge in [0.25, 0.3) is 0 Å². The first-order chi connectivity index (χ1) is 15.1. The number of benzene rings is 1. The lowest BCUT2D eigenvalue weighted by molar-refractivity contribution is -0.0440. The average Bonchev–Trinajstić information content (AvgIpc) is 2.82. The van der Waals surface area contributed by atoms with Gasteiger partial charge < -0.3 is 4.74 Å². The second-order valence-corrected chi connectivity index (χ2v) is 9.31. The monoisotopic (exact) mass is 428 g/mol. The van der Waals surface area contributed by atoms with E-state index >= 15 is 0 Å². The number of aromatic nitrogens is 2. The van der Waals surface area contributed by atoms with E-state index in [0.29, 0.717) is 18.1 Å². The Kier molecular flexibility index (Phi) is 7.31. The maximum Gasteiger partial charge on any atom is 0.170 e. The van der Waals surface area contributed by atoms with Crippen LogP contribution in [0.2, 0.25) is 0 Å². The van der Waals surface area contributed by atoms with E-state index in [4.69, 9.17) is 4.74 Å². The molecule has 31 heavy (non-hydrogen) atoms. The zero-order valence-electron chi connectivity index (χ0n) is 18.7. The van der Waals surface area contributed by atoms with Crippen LogP contribution in [0.3, 0.4) is 0 Å². The molecule has 0 amide bonds. The van der Waals surface area contributed by atoms with Gasteiger partial charge in [0.2, 0.25) is 0 Å². The van der Waals surface area contributed by atoms with E-state index in [0.717, 1.165) is 30.7 Å². The molecule has 0 radical (unpaired) electrons. The SMILES string of the molecule is CCCC1CCC(C2CCC(c3ccc(-c4ncc(CC)cn4)c(F)c3F)CO2)CC1. The van der Waals surface area contributed by atoms with Crippen molar-refractivity contribution in [3.05, 3.63) is 47.3 Å². The standard InChI is InChI=1S/C26H34F2N2O/c1-3-5-18-6-8-19(9-7-18)23-13-10-20(16-31-23)21-11-12-22(25(28)24(21)27)26-29-14-17(4-2)15-30-26/h11-12,14-15,18-20,23H,3-10,13,16H2,1-2H3. The molecule has 1 aromatic carbocycles. The van der Waals surface area contributed by atoms with Gasteiger partial charge in [-0.05, 0) is 61.1 Å². The summed E-state index contributed by atoms with van der Waals surface area (Å²) in [7, 11) is 0. The Bertz CT molecular complexity index is 854. The number of nitrogens with zero attached hydrogens (tertiary/aromatic N) is 2. The first-order valence-electron chi connectivity index (χ1n) is 12.0. The Morgan fingerprint density at radius 3 is 2.29 bits per heavy atom. The Balaban J connectivity index is 1.39. The van der Waals surface area contributed by atoms with E-state index in [9.17, 15) is 8.78 Å². The molecule has 168 valence electrons. The van der Waals surface area contributed by atoms with Gasteiger partial charge in [0.1, 0.15) is 0 Å². The topological polar surface area (TPSA) is 35.0 Å². The third kappa shape index (κ3) is 4.97. The Morgan fingerprint density at radius 1 is 0.935 bits per heavy atom. The van der Waals surface area contributed by atoms with Crippen LogP contribution in [0, 0.1) is 23.5 Å². The third-order valence-electron chi connectivity index (χ3n) is 7.33. The molecule has 1 saturated carbocycles. The molecule has 2 aromatic rings. The minimum atomic E-state index is -0.863. The lowest BCUT2D eigenvalue weighted by atomic mass is 9.75. The predicted molar refractivity (Wildman–Crippen MR) is 119 cm³/mol. The molecule has 1 aromatic heterocycles. The first kappa shape index (κ1) is 22.3. The van der Waals surface area contributed by atoms with Gasteiger partial charge in [-0.3, -0.25) is 0 Å². The summed E-state index contributed by atoms with van der Waals surface area (Å²) in [5.41, 5.74) is 1.49. The average molecular weight is 429 g/mol. The largest absolute Gasteiger partial charge is 0.377 e. The molecule has 2 fully saturated rings. The highest BCUT2D eigenvalue weighted by molar-refractivity contribution is 5.57. The molecule has 2 unspecified atom stereocenters. The van der Waals surface area contributed by atoms with Crippen LogP contribution in [0.5, 0.6) is 0 Å². The van der Waals surface area contributed by atoms with Gasteiger partial charge in [-0.25, -0.2) is 18.7 Å². The van der Waals surface area contributed by atoms with Crippen LogP contribution in [0.4, 0.5) is 8.78 Å². The van der Waals surface area contributed by atoms with Crippen LogP contribution in [-0.2, 0) is 11.2 Å². The molecule has 0 spiro atoms. The third-order valence-corrected chi connectivity index (χ3v) is 7.33. The van der Waals surface area contributed by atoms with Crippen LogP contribution < -0.4 is 0 Å². The minimum absolute atomic E-state index is 0.0976. The van der Waals surface area contributed by atoms with Gasteiger partial charge >= 0.3 is 0 Å². The van der Waals surface area contributed by atoms with E-state index in [-0.39, 0.29) is 23.4 Å². The maximum absolute atomic E-state index is 15.0. The maximum atomic E-state index is 15.0. The van der Waals surface area contributed by atoms with E-state index in [1.807, 2.05) is 6.92 Å². The van der Waals surface area contributed by atoms with Crippen molar-refractivity contribution in [2.45, 2.75) is 83.7 Å². The normalized spacial score (nSPS) is 26.7. The fourth-order valence-corrected chi connectivity index (χ4v) is 5.37. The molecule has 3 nitrogen and oxygen atoms in total. The van der Waals surface area contributed by atoms with Crippen molar-refractivity contribution in [3.8, 4) is 11.4 Å². The van der Waals surface area contributed by atoms with Crippen LogP contribution >= 0.6 is 0 Å². The molecule has 0 bridgehead atoms. The molecule has 5 heteroatoms. The molecule has 0 N–H and O–H groups in total. The quantitative estimate of drug-likeness (QED) is 0.504. The predicted octanol–water partition coefficient (Wildman–Crippen LogP) is 6.85. The van der Waals surface area contributed by atoms with Gasteiger partial charge in [-0.15, -0.1) is 0 Å². The van der Waals surface area contributed by atoms with Crippen molar-refractivity contribution in [1.82, 2.24) is 9.97 Å². The second kappa shape index (κ2) is 10.2. The minimum Gasteiger partial charge on any atom is -0.377 e. The molecular formula is C26H34F2N2O. The highest BCUT2D eigenvalue weighted by Crippen LogP contribution is 2.40. The van der Waals surface area contributed by atoms with Gasteiger partial charge in [-0.2, -0.15) is 0 Å². The van der Waals surface area contributed by atoms with Crippen molar-refractivity contribution >= 4 is 0 Å². The summed E-state index contributed by atoms with van der Waals surface area (Å²) in [6.07, 6.45) is 13.9. The van der Waals surface area contributed by atoms with Crippen LogP contribution in [0.25, 0.3) is 11.4 Å². The first-order valence-corrected chi connectivity index (χ1v) is 12.0. The highest BCUT2D eigenvalue weighted by atomic mass is 19.2. The van der Waals surface area contributed by atoms with Crippen molar-refractivity contribution in [1.29, 1.82) is 0 Å². The summed E-state index contributed by atoms with van der Waals surface area (Å²) in [4.78, 5) is 8.40. The summed E-state index contributed by atoms with van der Waals surface area (Å²) in [5, 5.41) is 0. The summed E-state index contributed by atoms with van der Waals surface area (Å²) in [6, 6.07) is 3.30. The number of hydrogen-bond donors (Lipinski definition) is 0. The number of halogens is 2. The molecule has 2 heterocycles. The Hall–Kier alpha value is -1.88. The molecule has 1 saturated heterocycles. The number of hydrogen-bond acceptors (Lipinski definition) is 3. The smallest absolute Gasteiger partial charge is 0.170 e. The molecule has 2 atom stereocenters. The zero-order chi connectivity index (χ0) is 21.8. The van der Waals surface area contributed by atoms with Crippen molar-refractivity contribution in [3.63, 3.8) is 0 Å². The fourth-order valence-electron chi connectivity index (χ4n) is 5.37. The molecule has 4 rings (SSSR count). The van der Waals surface area contributed by atoms with Crippen molar-refractivity contribution in [2.24, 2.45) is 11.8 Å². The Morgan fingerprint density at radius 2 is 1.68 bits per heavy atom. The van der Waals surface area contributed by atoms with Crippen LogP contribution in [-0.4, -0.2) is 22.7 Å². The Labute approximate surface area is 184 Å². The van der Waals surface area contributed by atoms with Gasteiger partial charge in [0, 0.05) is 18.3 Å². The lowest BCUT2D eigenvalue weighted by Crippen LogP contribution is -2.33. The van der Waals surface area contributed by atoms with Crippen LogP contribution in [0.15, 0.2) is 24.5 Å². The van der Waals surface area contributed by atoms with E-state index in [1.165, 1.54) is 38.5 Å². The van der Waals surface area contributed by atoms with Crippen molar-refractivity contribution in [2.75, 3.05) is 6.61 Å². The molecule has 1 aliphatic heterocycles. The summed E-state index contributed by atoms with van der Waals surface area (Å²) in [6.45, 7) is 4.73. The van der Waals surface area contributed by atoms with Gasteiger partial charge in [0.05, 0.1) is 18.3 Å². The number of aryl methyl sites for hydroxylation is 1. The number of ether oxygens (including phenoxy) is 1.